The van der Waals surface area contributed by atoms with Crippen molar-refractivity contribution in [3.8, 4) is 5.75 Å². The Morgan fingerprint density at radius 1 is 1.41 bits per heavy atom. The number of hydrogen-bond acceptors (Lipinski definition) is 3. The maximum Gasteiger partial charge on any atom is 0.127 e. The van der Waals surface area contributed by atoms with E-state index in [2.05, 4.69) is 10.3 Å². The average Bonchev–Trinajstić information content (AvgIpc) is 2.79. The molecule has 1 fully saturated rings. The summed E-state index contributed by atoms with van der Waals surface area (Å²) in [5.41, 5.74) is 1.71. The molecule has 0 amide bonds. The highest BCUT2D eigenvalue weighted by Crippen LogP contribution is 2.23. The van der Waals surface area contributed by atoms with Gasteiger partial charge < -0.3 is 10.4 Å². The Labute approximate surface area is 103 Å². The summed E-state index contributed by atoms with van der Waals surface area (Å²) in [5, 5.41) is 13.2. The second kappa shape index (κ2) is 5.32. The van der Waals surface area contributed by atoms with Crippen molar-refractivity contribution >= 4 is 6.21 Å². The first-order valence-electron chi connectivity index (χ1n) is 6.19. The Morgan fingerprint density at radius 2 is 2.24 bits per heavy atom. The van der Waals surface area contributed by atoms with Gasteiger partial charge in [-0.3, -0.25) is 4.99 Å². The predicted molar refractivity (Wildman–Crippen MR) is 70.9 cm³/mol. The Bertz CT molecular complexity index is 415. The number of rotatable bonds is 3. The normalized spacial score (nSPS) is 24.6. The van der Waals surface area contributed by atoms with E-state index in [1.54, 1.807) is 0 Å². The van der Waals surface area contributed by atoms with E-state index in [9.17, 15) is 5.11 Å². The van der Waals surface area contributed by atoms with Gasteiger partial charge in [-0.1, -0.05) is 12.1 Å². The number of benzene rings is 1. The van der Waals surface area contributed by atoms with Crippen molar-refractivity contribution < 1.29 is 5.11 Å². The summed E-state index contributed by atoms with van der Waals surface area (Å²) >= 11 is 0. The van der Waals surface area contributed by atoms with E-state index in [-0.39, 0.29) is 0 Å². The molecule has 17 heavy (non-hydrogen) atoms. The van der Waals surface area contributed by atoms with Crippen molar-refractivity contribution in [1.29, 1.82) is 0 Å². The Hall–Kier alpha value is -1.35. The quantitative estimate of drug-likeness (QED) is 0.785. The molecule has 0 saturated heterocycles. The molecule has 0 heterocycles. The third-order valence-corrected chi connectivity index (χ3v) is 3.51. The maximum absolute atomic E-state index is 9.87. The summed E-state index contributed by atoms with van der Waals surface area (Å²) in [6.45, 7) is 1.90. The van der Waals surface area contributed by atoms with Gasteiger partial charge in [-0.2, -0.15) is 0 Å². The number of aryl methyl sites for hydroxylation is 1. The highest BCUT2D eigenvalue weighted by Gasteiger charge is 2.22. The molecule has 1 saturated carbocycles. The van der Waals surface area contributed by atoms with Gasteiger partial charge in [0.25, 0.3) is 0 Å². The van der Waals surface area contributed by atoms with E-state index in [1.807, 2.05) is 38.4 Å². The van der Waals surface area contributed by atoms with Crippen LogP contribution in [0, 0.1) is 6.92 Å². The zero-order chi connectivity index (χ0) is 12.3. The van der Waals surface area contributed by atoms with Gasteiger partial charge in [-0.15, -0.1) is 0 Å². The van der Waals surface area contributed by atoms with E-state index < -0.39 is 0 Å². The Balaban J connectivity index is 2.03. The topological polar surface area (TPSA) is 44.6 Å². The van der Waals surface area contributed by atoms with Crippen LogP contribution in [0.1, 0.15) is 30.4 Å². The molecule has 0 aromatic heterocycles. The molecule has 92 valence electrons. The summed E-state index contributed by atoms with van der Waals surface area (Å²) in [4.78, 5) is 4.57. The van der Waals surface area contributed by atoms with E-state index in [0.29, 0.717) is 17.8 Å². The van der Waals surface area contributed by atoms with Gasteiger partial charge in [0.1, 0.15) is 5.75 Å². The SMILES string of the molecule is CNC1CCC(N=Cc2cccc(C)c2O)C1. The molecular formula is C14H20N2O. The van der Waals surface area contributed by atoms with Gasteiger partial charge in [0.05, 0.1) is 6.04 Å². The molecule has 0 spiro atoms. The van der Waals surface area contributed by atoms with Crippen LogP contribution < -0.4 is 5.32 Å². The molecule has 0 bridgehead atoms. The molecule has 1 aromatic rings. The molecule has 2 unspecified atom stereocenters. The zero-order valence-corrected chi connectivity index (χ0v) is 10.5. The number of nitrogens with one attached hydrogen (secondary N) is 1. The van der Waals surface area contributed by atoms with Gasteiger partial charge in [0.15, 0.2) is 0 Å². The van der Waals surface area contributed by atoms with Crippen LogP contribution in [0.4, 0.5) is 0 Å². The fraction of sp³-hybridized carbons (Fsp3) is 0.500. The maximum atomic E-state index is 9.87. The summed E-state index contributed by atoms with van der Waals surface area (Å²) in [7, 11) is 2.00. The molecular weight excluding hydrogens is 212 g/mol. The minimum Gasteiger partial charge on any atom is -0.507 e. The number of nitrogens with zero attached hydrogens (tertiary/aromatic N) is 1. The monoisotopic (exact) mass is 232 g/mol. The third-order valence-electron chi connectivity index (χ3n) is 3.51. The Morgan fingerprint density at radius 3 is 2.94 bits per heavy atom. The van der Waals surface area contributed by atoms with Crippen molar-refractivity contribution in [3.63, 3.8) is 0 Å². The first-order chi connectivity index (χ1) is 8.20. The Kier molecular flexibility index (Phi) is 3.79. The van der Waals surface area contributed by atoms with Crippen LogP contribution in [0.3, 0.4) is 0 Å². The van der Waals surface area contributed by atoms with E-state index in [0.717, 1.165) is 24.0 Å². The molecule has 0 radical (unpaired) electrons. The average molecular weight is 232 g/mol. The molecule has 1 aliphatic rings. The fourth-order valence-electron chi connectivity index (χ4n) is 2.33. The van der Waals surface area contributed by atoms with Gasteiger partial charge >= 0.3 is 0 Å². The lowest BCUT2D eigenvalue weighted by Crippen LogP contribution is -2.21. The summed E-state index contributed by atoms with van der Waals surface area (Å²) < 4.78 is 0. The number of phenols is 1. The summed E-state index contributed by atoms with van der Waals surface area (Å²) in [6, 6.07) is 6.74. The molecule has 3 heteroatoms. The van der Waals surface area contributed by atoms with Crippen LogP contribution in [-0.4, -0.2) is 30.5 Å². The van der Waals surface area contributed by atoms with Crippen LogP contribution in [0.2, 0.25) is 0 Å². The van der Waals surface area contributed by atoms with Crippen molar-refractivity contribution in [1.82, 2.24) is 5.32 Å². The molecule has 2 rings (SSSR count). The van der Waals surface area contributed by atoms with Gasteiger partial charge in [0.2, 0.25) is 0 Å². The number of para-hydroxylation sites is 1. The highest BCUT2D eigenvalue weighted by atomic mass is 16.3. The standard InChI is InChI=1S/C14H20N2O/c1-10-4-3-5-11(14(10)17)9-16-13-7-6-12(8-13)15-2/h3-5,9,12-13,15,17H,6-8H2,1-2H3. The van der Waals surface area contributed by atoms with Crippen molar-refractivity contribution in [2.24, 2.45) is 4.99 Å². The zero-order valence-electron chi connectivity index (χ0n) is 10.5. The van der Waals surface area contributed by atoms with Gasteiger partial charge in [0, 0.05) is 17.8 Å². The van der Waals surface area contributed by atoms with E-state index >= 15 is 0 Å². The van der Waals surface area contributed by atoms with Crippen LogP contribution in [0.25, 0.3) is 0 Å². The predicted octanol–water partition coefficient (Wildman–Crippen LogP) is 2.26. The number of aromatic hydroxyl groups is 1. The van der Waals surface area contributed by atoms with Gasteiger partial charge in [-0.25, -0.2) is 0 Å². The molecule has 0 aliphatic heterocycles. The van der Waals surface area contributed by atoms with Crippen LogP contribution >= 0.6 is 0 Å². The smallest absolute Gasteiger partial charge is 0.127 e. The minimum absolute atomic E-state index is 0.347. The van der Waals surface area contributed by atoms with Crippen molar-refractivity contribution in [3.05, 3.63) is 29.3 Å². The van der Waals surface area contributed by atoms with E-state index in [4.69, 9.17) is 0 Å². The lowest BCUT2D eigenvalue weighted by atomic mass is 10.1. The molecule has 1 aromatic carbocycles. The molecule has 1 aliphatic carbocycles. The third kappa shape index (κ3) is 2.86. The van der Waals surface area contributed by atoms with Crippen LogP contribution in [0.15, 0.2) is 23.2 Å². The first-order valence-corrected chi connectivity index (χ1v) is 6.19. The first kappa shape index (κ1) is 12.1. The van der Waals surface area contributed by atoms with Crippen LogP contribution in [0.5, 0.6) is 5.75 Å². The number of phenolic OH excluding ortho intramolecular Hbond substituents is 1. The lowest BCUT2D eigenvalue weighted by Gasteiger charge is -2.07. The van der Waals surface area contributed by atoms with Gasteiger partial charge in [-0.05, 0) is 44.9 Å². The second-order valence-electron chi connectivity index (χ2n) is 4.74. The van der Waals surface area contributed by atoms with Crippen molar-refractivity contribution in [2.75, 3.05) is 7.05 Å². The number of aliphatic imine (C=N–C) groups is 1. The fourth-order valence-corrected chi connectivity index (χ4v) is 2.33. The minimum atomic E-state index is 0.347. The van der Waals surface area contributed by atoms with Crippen LogP contribution in [-0.2, 0) is 0 Å². The number of hydrogen-bond donors (Lipinski definition) is 2. The molecule has 3 nitrogen and oxygen atoms in total. The second-order valence-corrected chi connectivity index (χ2v) is 4.74. The molecule has 2 N–H and O–H groups in total. The largest absolute Gasteiger partial charge is 0.507 e. The summed E-state index contributed by atoms with van der Waals surface area (Å²) in [5.74, 6) is 0.347. The summed E-state index contributed by atoms with van der Waals surface area (Å²) in [6.07, 6.45) is 5.23. The molecule has 2 atom stereocenters. The van der Waals surface area contributed by atoms with E-state index in [1.165, 1.54) is 6.42 Å². The van der Waals surface area contributed by atoms with Crippen molar-refractivity contribution in [2.45, 2.75) is 38.3 Å². The highest BCUT2D eigenvalue weighted by molar-refractivity contribution is 5.84. The lowest BCUT2D eigenvalue weighted by molar-refractivity contribution is 0.470.